The third-order valence-corrected chi connectivity index (χ3v) is 10.9. The van der Waals surface area contributed by atoms with Gasteiger partial charge in [0.1, 0.15) is 11.2 Å². The Bertz CT molecular complexity index is 3100. The molecule has 0 saturated heterocycles. The first-order chi connectivity index (χ1) is 24.3. The Kier molecular flexibility index (Phi) is 5.51. The summed E-state index contributed by atoms with van der Waals surface area (Å²) in [5, 5.41) is 7.97. The van der Waals surface area contributed by atoms with Gasteiger partial charge >= 0.3 is 0 Å². The highest BCUT2D eigenvalue weighted by molar-refractivity contribution is 7.26. The summed E-state index contributed by atoms with van der Waals surface area (Å²) in [6.45, 7) is 0. The van der Waals surface area contributed by atoms with Crippen molar-refractivity contribution in [3.63, 3.8) is 0 Å². The summed E-state index contributed by atoms with van der Waals surface area (Å²) >= 11 is 1.81. The average Bonchev–Trinajstić information content (AvgIpc) is 3.84. The largest absolute Gasteiger partial charge is 0.455 e. The summed E-state index contributed by atoms with van der Waals surface area (Å²) in [4.78, 5) is 10.7. The first-order valence-electron chi connectivity index (χ1n) is 16.4. The van der Waals surface area contributed by atoms with Crippen molar-refractivity contribution in [1.29, 1.82) is 0 Å². The lowest BCUT2D eigenvalue weighted by atomic mass is 10.0. The van der Waals surface area contributed by atoms with Crippen LogP contribution in [0.25, 0.3) is 103 Å². The van der Waals surface area contributed by atoms with E-state index in [9.17, 15) is 0 Å². The Morgan fingerprint density at radius 1 is 0.490 bits per heavy atom. The van der Waals surface area contributed by atoms with Crippen molar-refractivity contribution in [2.75, 3.05) is 0 Å². The molecule has 4 nitrogen and oxygen atoms in total. The van der Waals surface area contributed by atoms with E-state index in [1.54, 1.807) is 11.3 Å². The smallest absolute Gasteiger partial charge is 0.164 e. The van der Waals surface area contributed by atoms with Crippen LogP contribution in [0.5, 0.6) is 0 Å². The van der Waals surface area contributed by atoms with Crippen LogP contribution in [0.1, 0.15) is 0 Å². The van der Waals surface area contributed by atoms with Gasteiger partial charge in [0, 0.05) is 58.4 Å². The molecule has 4 heterocycles. The standard InChI is InChI=1S/C44H25N3OS/c1-3-12-26(13-4-1)41-31-22-25-37-40(29-17-8-10-21-36(29)49-37)42(31)46-44(45-41)32-19-11-18-30-39-35(48-43(30)32)24-23-34-38(39)28-16-7-9-20-33(28)47(34)27-14-5-2-6-15-27/h1-25H. The van der Waals surface area contributed by atoms with Gasteiger partial charge in [-0.3, -0.25) is 0 Å². The third kappa shape index (κ3) is 3.79. The van der Waals surface area contributed by atoms with E-state index >= 15 is 0 Å². The molecule has 0 spiro atoms. The third-order valence-electron chi connectivity index (χ3n) is 9.81. The highest BCUT2D eigenvalue weighted by Crippen LogP contribution is 2.45. The van der Waals surface area contributed by atoms with E-state index in [4.69, 9.17) is 14.4 Å². The van der Waals surface area contributed by atoms with Crippen LogP contribution in [0.4, 0.5) is 0 Å². The number of nitrogens with zero attached hydrogens (tertiary/aromatic N) is 3. The van der Waals surface area contributed by atoms with Gasteiger partial charge in [-0.05, 0) is 54.6 Å². The molecule has 5 heteroatoms. The average molecular weight is 644 g/mol. The van der Waals surface area contributed by atoms with Crippen LogP contribution in [-0.2, 0) is 0 Å². The predicted octanol–water partition coefficient (Wildman–Crippen LogP) is 12.3. The minimum Gasteiger partial charge on any atom is -0.455 e. The number of para-hydroxylation sites is 3. The lowest BCUT2D eigenvalue weighted by Crippen LogP contribution is -1.96. The number of hydrogen-bond donors (Lipinski definition) is 0. The van der Waals surface area contributed by atoms with E-state index in [-0.39, 0.29) is 0 Å². The highest BCUT2D eigenvalue weighted by atomic mass is 32.1. The van der Waals surface area contributed by atoms with E-state index in [0.717, 1.165) is 60.9 Å². The molecule has 0 radical (unpaired) electrons. The van der Waals surface area contributed by atoms with Crippen LogP contribution in [0, 0.1) is 0 Å². The minimum atomic E-state index is 0.654. The van der Waals surface area contributed by atoms with E-state index in [2.05, 4.69) is 150 Å². The van der Waals surface area contributed by atoms with Gasteiger partial charge in [0.25, 0.3) is 0 Å². The van der Waals surface area contributed by atoms with Crippen molar-refractivity contribution in [1.82, 2.24) is 14.5 Å². The van der Waals surface area contributed by atoms with Crippen molar-refractivity contribution in [2.24, 2.45) is 0 Å². The Hall–Kier alpha value is -6.30. The van der Waals surface area contributed by atoms with Crippen molar-refractivity contribution < 1.29 is 4.42 Å². The lowest BCUT2D eigenvalue weighted by Gasteiger charge is -2.11. The normalized spacial score (nSPS) is 12.1. The van der Waals surface area contributed by atoms with Gasteiger partial charge < -0.3 is 8.98 Å². The molecule has 0 bridgehead atoms. The minimum absolute atomic E-state index is 0.654. The van der Waals surface area contributed by atoms with Gasteiger partial charge in [-0.15, -0.1) is 11.3 Å². The van der Waals surface area contributed by atoms with E-state index in [1.165, 1.54) is 36.5 Å². The second kappa shape index (κ2) is 10.1. The maximum atomic E-state index is 6.82. The molecule has 7 aromatic carbocycles. The van der Waals surface area contributed by atoms with E-state index in [0.29, 0.717) is 5.82 Å². The van der Waals surface area contributed by atoms with Crippen molar-refractivity contribution in [3.8, 4) is 28.3 Å². The maximum Gasteiger partial charge on any atom is 0.164 e. The number of fused-ring (bicyclic) bond motifs is 12. The number of rotatable bonds is 3. The molecule has 228 valence electrons. The summed E-state index contributed by atoms with van der Waals surface area (Å²) in [5.41, 5.74) is 8.90. The zero-order chi connectivity index (χ0) is 32.1. The molecular formula is C44H25N3OS. The number of furan rings is 1. The summed E-state index contributed by atoms with van der Waals surface area (Å²) in [7, 11) is 0. The fraction of sp³-hybridized carbons (Fsp3) is 0. The Labute approximate surface area is 284 Å². The van der Waals surface area contributed by atoms with Crippen LogP contribution < -0.4 is 0 Å². The van der Waals surface area contributed by atoms with Crippen molar-refractivity contribution in [3.05, 3.63) is 152 Å². The Morgan fingerprint density at radius 3 is 2.12 bits per heavy atom. The summed E-state index contributed by atoms with van der Waals surface area (Å²) in [6.07, 6.45) is 0. The lowest BCUT2D eigenvalue weighted by molar-refractivity contribution is 0.670. The molecule has 0 fully saturated rings. The van der Waals surface area contributed by atoms with E-state index < -0.39 is 0 Å². The molecule has 0 atom stereocenters. The van der Waals surface area contributed by atoms with Gasteiger partial charge in [0.2, 0.25) is 0 Å². The molecule has 0 saturated carbocycles. The number of aromatic nitrogens is 3. The molecule has 0 amide bonds. The molecule has 0 aliphatic carbocycles. The first kappa shape index (κ1) is 26.7. The fourth-order valence-electron chi connectivity index (χ4n) is 7.72. The van der Waals surface area contributed by atoms with Gasteiger partial charge in [0.05, 0.1) is 27.8 Å². The molecule has 0 N–H and O–H groups in total. The maximum absolute atomic E-state index is 6.82. The van der Waals surface area contributed by atoms with Gasteiger partial charge in [-0.2, -0.15) is 0 Å². The van der Waals surface area contributed by atoms with Gasteiger partial charge in [-0.1, -0.05) is 97.1 Å². The van der Waals surface area contributed by atoms with Gasteiger partial charge in [0.15, 0.2) is 5.82 Å². The van der Waals surface area contributed by atoms with Crippen LogP contribution in [0.2, 0.25) is 0 Å². The van der Waals surface area contributed by atoms with Crippen molar-refractivity contribution in [2.45, 2.75) is 0 Å². The number of benzene rings is 7. The van der Waals surface area contributed by atoms with Crippen LogP contribution in [0.15, 0.2) is 156 Å². The zero-order valence-corrected chi connectivity index (χ0v) is 26.9. The molecular weight excluding hydrogens is 619 g/mol. The van der Waals surface area contributed by atoms with E-state index in [1.807, 2.05) is 6.07 Å². The number of hydrogen-bond acceptors (Lipinski definition) is 4. The topological polar surface area (TPSA) is 43.9 Å². The van der Waals surface area contributed by atoms with Crippen LogP contribution in [-0.4, -0.2) is 14.5 Å². The summed E-state index contributed by atoms with van der Waals surface area (Å²) in [6, 6.07) is 53.3. The monoisotopic (exact) mass is 643 g/mol. The molecule has 0 aliphatic rings. The first-order valence-corrected chi connectivity index (χ1v) is 17.2. The SMILES string of the molecule is c1ccc(-c2nc(-c3cccc4c3oc3ccc5c(c6ccccc6n5-c5ccccc5)c34)nc3c2ccc2sc4ccccc4c23)cc1. The molecule has 0 unspecified atom stereocenters. The van der Waals surface area contributed by atoms with Crippen LogP contribution in [0.3, 0.4) is 0 Å². The molecule has 11 aromatic rings. The molecule has 11 rings (SSSR count). The van der Waals surface area contributed by atoms with Gasteiger partial charge in [-0.25, -0.2) is 9.97 Å². The molecule has 0 aliphatic heterocycles. The quantitative estimate of drug-likeness (QED) is 0.192. The number of thiophene rings is 1. The molecule has 49 heavy (non-hydrogen) atoms. The Morgan fingerprint density at radius 2 is 1.24 bits per heavy atom. The highest BCUT2D eigenvalue weighted by Gasteiger charge is 2.22. The second-order valence-electron chi connectivity index (χ2n) is 12.5. The summed E-state index contributed by atoms with van der Waals surface area (Å²) in [5.74, 6) is 0.654. The van der Waals surface area contributed by atoms with Crippen molar-refractivity contribution >= 4 is 86.2 Å². The summed E-state index contributed by atoms with van der Waals surface area (Å²) < 4.78 is 11.6. The predicted molar refractivity (Wildman–Crippen MR) is 205 cm³/mol. The fourth-order valence-corrected chi connectivity index (χ4v) is 8.83. The second-order valence-corrected chi connectivity index (χ2v) is 13.6. The zero-order valence-electron chi connectivity index (χ0n) is 26.1. The molecule has 4 aromatic heterocycles. The van der Waals surface area contributed by atoms with Crippen LogP contribution >= 0.6 is 11.3 Å². The Balaban J connectivity index is 1.25.